The summed E-state index contributed by atoms with van der Waals surface area (Å²) in [5.74, 6) is -0.881. The minimum Gasteiger partial charge on any atom is -0.447 e. The largest absolute Gasteiger partial charge is 0.447 e. The van der Waals surface area contributed by atoms with E-state index in [0.29, 0.717) is 40.7 Å². The van der Waals surface area contributed by atoms with Gasteiger partial charge in [-0.15, -0.1) is 10.2 Å². The number of nitrogens with zero attached hydrogens (tertiary/aromatic N) is 4. The minimum absolute atomic E-state index is 0.105. The number of hydrogen-bond donors (Lipinski definition) is 1. The third-order valence-corrected chi connectivity index (χ3v) is 7.39. The predicted molar refractivity (Wildman–Crippen MR) is 161 cm³/mol. The van der Waals surface area contributed by atoms with Crippen LogP contribution in [0, 0.1) is 0 Å². The van der Waals surface area contributed by atoms with Gasteiger partial charge in [0.15, 0.2) is 0 Å². The molecular formula is C31H32ClN5O4S. The highest BCUT2D eigenvalue weighted by Crippen LogP contribution is 2.25. The average molecular weight is 606 g/mol. The summed E-state index contributed by atoms with van der Waals surface area (Å²) in [5, 5.41) is 21.0. The van der Waals surface area contributed by atoms with Gasteiger partial charge in [0.05, 0.1) is 17.8 Å². The maximum absolute atomic E-state index is 13.0. The lowest BCUT2D eigenvalue weighted by molar-refractivity contribution is -0.154. The minimum atomic E-state index is -1.15. The smallest absolute Gasteiger partial charge is 0.306 e. The number of halogens is 1. The van der Waals surface area contributed by atoms with Crippen molar-refractivity contribution in [2.45, 2.75) is 64.4 Å². The number of Topliss-reactive ketones (excluding diaryl/α,β-unsaturated/α-hetero) is 1. The van der Waals surface area contributed by atoms with E-state index in [4.69, 9.17) is 16.3 Å². The number of aryl methyl sites for hydroxylation is 2. The van der Waals surface area contributed by atoms with Gasteiger partial charge in [0.2, 0.25) is 11.2 Å². The molecule has 0 saturated carbocycles. The highest BCUT2D eigenvalue weighted by atomic mass is 35.5. The van der Waals surface area contributed by atoms with Crippen LogP contribution in [0.15, 0.2) is 66.7 Å². The number of aromatic nitrogens is 4. The standard InChI is InChI=1S/C31H32ClN5O4S/c1-2-9-28(39)41-29(22-12-8-13-23(32)19-22)30(40)33-31-37-36-27(42-31)15-7-6-14-24-16-17-25(35-34-24)20-26(38)18-21-10-4-3-5-11-21/h3-5,8,10-13,16-17,19,29H,2,6-7,9,14-15,18,20H2,1H3,(H,33,37,40). The molecule has 218 valence electrons. The molecular weight excluding hydrogens is 574 g/mol. The van der Waals surface area contributed by atoms with Gasteiger partial charge >= 0.3 is 5.97 Å². The first-order valence-electron chi connectivity index (χ1n) is 13.8. The van der Waals surface area contributed by atoms with Crippen LogP contribution in [0.5, 0.6) is 0 Å². The second-order valence-corrected chi connectivity index (χ2v) is 11.3. The van der Waals surface area contributed by atoms with Crippen LogP contribution in [0.1, 0.15) is 66.2 Å². The molecule has 11 heteroatoms. The Morgan fingerprint density at radius 2 is 1.64 bits per heavy atom. The lowest BCUT2D eigenvalue weighted by Crippen LogP contribution is -2.25. The van der Waals surface area contributed by atoms with Gasteiger partial charge in [-0.3, -0.25) is 19.7 Å². The van der Waals surface area contributed by atoms with Crippen LogP contribution in [0.4, 0.5) is 5.13 Å². The Labute approximate surface area is 253 Å². The maximum Gasteiger partial charge on any atom is 0.306 e. The van der Waals surface area contributed by atoms with E-state index < -0.39 is 18.0 Å². The molecule has 0 spiro atoms. The van der Waals surface area contributed by atoms with Crippen molar-refractivity contribution in [2.75, 3.05) is 5.32 Å². The Morgan fingerprint density at radius 3 is 2.38 bits per heavy atom. The molecule has 0 fully saturated rings. The molecule has 9 nitrogen and oxygen atoms in total. The summed E-state index contributed by atoms with van der Waals surface area (Å²) in [7, 11) is 0. The fourth-order valence-electron chi connectivity index (χ4n) is 4.20. The van der Waals surface area contributed by atoms with Gasteiger partial charge in [-0.25, -0.2) is 0 Å². The highest BCUT2D eigenvalue weighted by Gasteiger charge is 2.26. The van der Waals surface area contributed by atoms with Crippen LogP contribution in [-0.4, -0.2) is 38.1 Å². The summed E-state index contributed by atoms with van der Waals surface area (Å²) in [4.78, 5) is 37.5. The molecule has 1 amide bonds. The molecule has 1 N–H and O–H groups in total. The molecule has 0 aliphatic rings. The number of carbonyl (C=O) groups excluding carboxylic acids is 3. The van der Waals surface area contributed by atoms with Crippen molar-refractivity contribution in [2.24, 2.45) is 0 Å². The number of rotatable bonds is 15. The fraction of sp³-hybridized carbons (Fsp3) is 0.323. The molecule has 1 atom stereocenters. The number of ketones is 1. The van der Waals surface area contributed by atoms with E-state index in [1.807, 2.05) is 49.4 Å². The van der Waals surface area contributed by atoms with Gasteiger partial charge in [-0.05, 0) is 55.5 Å². The summed E-state index contributed by atoms with van der Waals surface area (Å²) in [6.07, 6.45) is 3.47. The highest BCUT2D eigenvalue weighted by molar-refractivity contribution is 7.15. The Hall–Kier alpha value is -4.02. The molecule has 0 aliphatic heterocycles. The van der Waals surface area contributed by atoms with E-state index in [1.54, 1.807) is 24.3 Å². The Morgan fingerprint density at radius 1 is 0.881 bits per heavy atom. The van der Waals surface area contributed by atoms with Gasteiger partial charge in [-0.2, -0.15) is 10.2 Å². The summed E-state index contributed by atoms with van der Waals surface area (Å²) in [6.45, 7) is 1.86. The topological polar surface area (TPSA) is 124 Å². The van der Waals surface area contributed by atoms with Crippen LogP contribution in [-0.2, 0) is 44.8 Å². The first kappa shape index (κ1) is 30.9. The summed E-state index contributed by atoms with van der Waals surface area (Å²) in [6, 6.07) is 20.1. The quantitative estimate of drug-likeness (QED) is 0.131. The zero-order valence-corrected chi connectivity index (χ0v) is 24.9. The van der Waals surface area contributed by atoms with Gasteiger partial charge in [0.1, 0.15) is 10.8 Å². The van der Waals surface area contributed by atoms with Crippen LogP contribution in [0.2, 0.25) is 5.02 Å². The van der Waals surface area contributed by atoms with Crippen LogP contribution in [0.3, 0.4) is 0 Å². The van der Waals surface area contributed by atoms with Crippen LogP contribution >= 0.6 is 22.9 Å². The van der Waals surface area contributed by atoms with Gasteiger partial charge < -0.3 is 4.74 Å². The lowest BCUT2D eigenvalue weighted by atomic mass is 10.1. The van der Waals surface area contributed by atoms with Crippen molar-refractivity contribution in [3.63, 3.8) is 0 Å². The first-order valence-corrected chi connectivity index (χ1v) is 15.0. The third kappa shape index (κ3) is 9.81. The second-order valence-electron chi connectivity index (χ2n) is 9.77. The van der Waals surface area contributed by atoms with E-state index in [0.717, 1.165) is 35.5 Å². The molecule has 0 aliphatic carbocycles. The van der Waals surface area contributed by atoms with E-state index in [2.05, 4.69) is 25.7 Å². The van der Waals surface area contributed by atoms with E-state index in [1.165, 1.54) is 11.3 Å². The SMILES string of the molecule is CCCC(=O)OC(C(=O)Nc1nnc(CCCCc2ccc(CC(=O)Cc3ccccc3)nn2)s1)c1cccc(Cl)c1. The normalized spacial score (nSPS) is 11.6. The summed E-state index contributed by atoms with van der Waals surface area (Å²) < 4.78 is 5.46. The monoisotopic (exact) mass is 605 g/mol. The second kappa shape index (κ2) is 15.8. The maximum atomic E-state index is 13.0. The molecule has 2 aromatic heterocycles. The van der Waals surface area contributed by atoms with E-state index in [9.17, 15) is 14.4 Å². The number of hydrogen-bond acceptors (Lipinski definition) is 9. The van der Waals surface area contributed by atoms with E-state index in [-0.39, 0.29) is 18.6 Å². The van der Waals surface area contributed by atoms with Crippen LogP contribution in [0.25, 0.3) is 0 Å². The number of benzene rings is 2. The van der Waals surface area contributed by atoms with Crippen molar-refractivity contribution in [1.82, 2.24) is 20.4 Å². The number of unbranched alkanes of at least 4 members (excludes halogenated alkanes) is 1. The number of carbonyl (C=O) groups is 3. The summed E-state index contributed by atoms with van der Waals surface area (Å²) in [5.41, 5.74) is 3.00. The molecule has 2 heterocycles. The van der Waals surface area contributed by atoms with Gasteiger partial charge in [0.25, 0.3) is 5.91 Å². The van der Waals surface area contributed by atoms with E-state index >= 15 is 0 Å². The lowest BCUT2D eigenvalue weighted by Gasteiger charge is -2.17. The van der Waals surface area contributed by atoms with Crippen LogP contribution < -0.4 is 5.32 Å². The predicted octanol–water partition coefficient (Wildman–Crippen LogP) is 5.92. The molecule has 1 unspecified atom stereocenters. The Balaban J connectivity index is 1.22. The molecule has 4 aromatic rings. The molecule has 2 aromatic carbocycles. The van der Waals surface area contributed by atoms with Crippen molar-refractivity contribution in [1.29, 1.82) is 0 Å². The summed E-state index contributed by atoms with van der Waals surface area (Å²) >= 11 is 7.37. The van der Waals surface area contributed by atoms with Crippen molar-refractivity contribution in [3.05, 3.63) is 99.3 Å². The molecule has 4 rings (SSSR count). The van der Waals surface area contributed by atoms with Gasteiger partial charge in [-0.1, -0.05) is 72.3 Å². The zero-order valence-electron chi connectivity index (χ0n) is 23.3. The zero-order chi connectivity index (χ0) is 29.7. The molecule has 0 saturated heterocycles. The van der Waals surface area contributed by atoms with Crippen molar-refractivity contribution in [3.8, 4) is 0 Å². The number of nitrogens with one attached hydrogen (secondary N) is 1. The number of amides is 1. The number of anilines is 1. The first-order chi connectivity index (χ1) is 20.4. The van der Waals surface area contributed by atoms with Crippen molar-refractivity contribution < 1.29 is 19.1 Å². The fourth-order valence-corrected chi connectivity index (χ4v) is 5.18. The van der Waals surface area contributed by atoms with Gasteiger partial charge in [0, 0.05) is 29.8 Å². The molecule has 42 heavy (non-hydrogen) atoms. The Bertz CT molecular complexity index is 1480. The molecule has 0 bridgehead atoms. The van der Waals surface area contributed by atoms with Crippen molar-refractivity contribution >= 4 is 45.7 Å². The Kier molecular flexibility index (Phi) is 11.7. The molecule has 0 radical (unpaired) electrons. The average Bonchev–Trinajstić information content (AvgIpc) is 3.42. The third-order valence-electron chi connectivity index (χ3n) is 6.26. The number of ether oxygens (including phenoxy) is 1. The number of esters is 1.